The average Bonchev–Trinajstić information content (AvgIpc) is 2.74. The van der Waals surface area contributed by atoms with Crippen LogP contribution in [-0.4, -0.2) is 24.9 Å². The van der Waals surface area contributed by atoms with Crippen LogP contribution in [0.3, 0.4) is 0 Å². The minimum atomic E-state index is -0.316. The molecule has 0 fully saturated rings. The van der Waals surface area contributed by atoms with Gasteiger partial charge in [0, 0.05) is 0 Å². The predicted octanol–water partition coefficient (Wildman–Crippen LogP) is 2.18. The first-order chi connectivity index (χ1) is 8.17. The average molecular weight is 257 g/mol. The maximum atomic E-state index is 11.4. The molecule has 1 aromatic rings. The van der Waals surface area contributed by atoms with E-state index in [1.807, 2.05) is 18.4 Å². The van der Waals surface area contributed by atoms with E-state index in [0.29, 0.717) is 13.2 Å². The first-order valence-corrected chi connectivity index (χ1v) is 7.03. The minimum Gasteiger partial charge on any atom is -0.465 e. The van der Waals surface area contributed by atoms with E-state index < -0.39 is 0 Å². The van der Waals surface area contributed by atoms with Crippen molar-refractivity contribution in [2.75, 3.05) is 12.9 Å². The molecule has 1 unspecified atom stereocenters. The van der Waals surface area contributed by atoms with Crippen LogP contribution in [0.5, 0.6) is 0 Å². The van der Waals surface area contributed by atoms with Gasteiger partial charge in [-0.1, -0.05) is 0 Å². The minimum absolute atomic E-state index is 0.233. The second kappa shape index (κ2) is 7.40. The highest BCUT2D eigenvalue weighted by atomic mass is 32.2. The molecule has 17 heavy (non-hydrogen) atoms. The van der Waals surface area contributed by atoms with E-state index in [1.165, 1.54) is 0 Å². The van der Waals surface area contributed by atoms with E-state index in [4.69, 9.17) is 9.15 Å². The Bertz CT molecular complexity index is 351. The van der Waals surface area contributed by atoms with Crippen molar-refractivity contribution in [2.24, 2.45) is 0 Å². The number of carbonyl (C=O) groups excluding carboxylic acids is 1. The van der Waals surface area contributed by atoms with Crippen LogP contribution in [0.4, 0.5) is 0 Å². The van der Waals surface area contributed by atoms with Crippen molar-refractivity contribution in [3.8, 4) is 0 Å². The van der Waals surface area contributed by atoms with Crippen molar-refractivity contribution in [1.82, 2.24) is 5.32 Å². The SMILES string of the molecule is CCOC(=O)C(C)NCc1ccc(CSC)o1. The molecule has 0 radical (unpaired) electrons. The van der Waals surface area contributed by atoms with Gasteiger partial charge in [-0.2, -0.15) is 11.8 Å². The molecule has 1 N–H and O–H groups in total. The van der Waals surface area contributed by atoms with Gasteiger partial charge in [-0.3, -0.25) is 10.1 Å². The van der Waals surface area contributed by atoms with Crippen LogP contribution in [0.2, 0.25) is 0 Å². The predicted molar refractivity (Wildman–Crippen MR) is 68.9 cm³/mol. The molecule has 96 valence electrons. The second-order valence-electron chi connectivity index (χ2n) is 3.66. The summed E-state index contributed by atoms with van der Waals surface area (Å²) in [7, 11) is 0. The third kappa shape index (κ3) is 4.83. The third-order valence-electron chi connectivity index (χ3n) is 2.23. The topological polar surface area (TPSA) is 51.5 Å². The highest BCUT2D eigenvalue weighted by Gasteiger charge is 2.13. The lowest BCUT2D eigenvalue weighted by atomic mass is 10.3. The Hall–Kier alpha value is -0.940. The third-order valence-corrected chi connectivity index (χ3v) is 2.80. The van der Waals surface area contributed by atoms with Crippen molar-refractivity contribution in [2.45, 2.75) is 32.2 Å². The van der Waals surface area contributed by atoms with Gasteiger partial charge >= 0.3 is 5.97 Å². The maximum absolute atomic E-state index is 11.4. The number of hydrogen-bond donors (Lipinski definition) is 1. The molecule has 0 aliphatic rings. The quantitative estimate of drug-likeness (QED) is 0.759. The number of thioether (sulfide) groups is 1. The fraction of sp³-hybridized carbons (Fsp3) is 0.583. The monoisotopic (exact) mass is 257 g/mol. The molecule has 0 spiro atoms. The summed E-state index contributed by atoms with van der Waals surface area (Å²) in [5.41, 5.74) is 0. The van der Waals surface area contributed by atoms with E-state index in [-0.39, 0.29) is 12.0 Å². The summed E-state index contributed by atoms with van der Waals surface area (Å²) < 4.78 is 10.5. The summed E-state index contributed by atoms with van der Waals surface area (Å²) >= 11 is 1.72. The van der Waals surface area contributed by atoms with Crippen LogP contribution in [0.25, 0.3) is 0 Å². The molecule has 5 heteroatoms. The Labute approximate surface area is 106 Å². The van der Waals surface area contributed by atoms with Gasteiger partial charge < -0.3 is 9.15 Å². The molecule has 1 heterocycles. The molecule has 0 saturated heterocycles. The van der Waals surface area contributed by atoms with Crippen LogP contribution in [0.1, 0.15) is 25.4 Å². The Morgan fingerprint density at radius 1 is 1.53 bits per heavy atom. The lowest BCUT2D eigenvalue weighted by Crippen LogP contribution is -2.34. The van der Waals surface area contributed by atoms with Crippen molar-refractivity contribution in [1.29, 1.82) is 0 Å². The van der Waals surface area contributed by atoms with Crippen LogP contribution in [-0.2, 0) is 21.8 Å². The number of esters is 1. The van der Waals surface area contributed by atoms with Crippen LogP contribution < -0.4 is 5.32 Å². The van der Waals surface area contributed by atoms with Crippen molar-refractivity contribution in [3.05, 3.63) is 23.7 Å². The number of rotatable bonds is 7. The van der Waals surface area contributed by atoms with Crippen molar-refractivity contribution >= 4 is 17.7 Å². The van der Waals surface area contributed by atoms with E-state index in [0.717, 1.165) is 17.3 Å². The number of hydrogen-bond acceptors (Lipinski definition) is 5. The Kier molecular flexibility index (Phi) is 6.15. The molecule has 0 aliphatic heterocycles. The smallest absolute Gasteiger partial charge is 0.322 e. The molecule has 1 aromatic heterocycles. The zero-order valence-electron chi connectivity index (χ0n) is 10.5. The molecular weight excluding hydrogens is 238 g/mol. The summed E-state index contributed by atoms with van der Waals surface area (Å²) in [4.78, 5) is 11.4. The Morgan fingerprint density at radius 2 is 2.24 bits per heavy atom. The van der Waals surface area contributed by atoms with E-state index in [9.17, 15) is 4.79 Å². The van der Waals surface area contributed by atoms with Gasteiger partial charge in [0.1, 0.15) is 17.6 Å². The zero-order valence-corrected chi connectivity index (χ0v) is 11.3. The van der Waals surface area contributed by atoms with Gasteiger partial charge in [-0.15, -0.1) is 0 Å². The Morgan fingerprint density at radius 3 is 2.88 bits per heavy atom. The summed E-state index contributed by atoms with van der Waals surface area (Å²) in [6.07, 6.45) is 2.03. The molecule has 1 atom stereocenters. The lowest BCUT2D eigenvalue weighted by molar-refractivity contribution is -0.145. The highest BCUT2D eigenvalue weighted by Crippen LogP contribution is 2.13. The highest BCUT2D eigenvalue weighted by molar-refractivity contribution is 7.97. The van der Waals surface area contributed by atoms with Crippen LogP contribution in [0.15, 0.2) is 16.5 Å². The van der Waals surface area contributed by atoms with Gasteiger partial charge in [0.15, 0.2) is 0 Å². The zero-order chi connectivity index (χ0) is 12.7. The Balaban J connectivity index is 2.36. The first kappa shape index (κ1) is 14.1. The summed E-state index contributed by atoms with van der Waals surface area (Å²) in [5, 5.41) is 3.06. The number of furan rings is 1. The molecule has 0 aromatic carbocycles. The lowest BCUT2D eigenvalue weighted by Gasteiger charge is -2.11. The van der Waals surface area contributed by atoms with Gasteiger partial charge in [-0.25, -0.2) is 0 Å². The molecule has 0 bridgehead atoms. The van der Waals surface area contributed by atoms with Crippen LogP contribution in [0, 0.1) is 0 Å². The molecule has 0 amide bonds. The second-order valence-corrected chi connectivity index (χ2v) is 4.52. The van der Waals surface area contributed by atoms with E-state index in [2.05, 4.69) is 5.32 Å². The fourth-order valence-corrected chi connectivity index (χ4v) is 1.78. The largest absolute Gasteiger partial charge is 0.465 e. The van der Waals surface area contributed by atoms with Crippen molar-refractivity contribution < 1.29 is 13.9 Å². The number of nitrogens with one attached hydrogen (secondary N) is 1. The number of carbonyl (C=O) groups is 1. The first-order valence-electron chi connectivity index (χ1n) is 5.64. The normalized spacial score (nSPS) is 12.4. The van der Waals surface area contributed by atoms with Gasteiger partial charge in [0.2, 0.25) is 0 Å². The fourth-order valence-electron chi connectivity index (χ4n) is 1.34. The van der Waals surface area contributed by atoms with Crippen LogP contribution >= 0.6 is 11.8 Å². The summed E-state index contributed by atoms with van der Waals surface area (Å²) in [6, 6.07) is 3.57. The summed E-state index contributed by atoms with van der Waals surface area (Å²) in [6.45, 7) is 4.52. The van der Waals surface area contributed by atoms with Gasteiger partial charge in [-0.05, 0) is 32.2 Å². The molecule has 4 nitrogen and oxygen atoms in total. The molecular formula is C12H19NO3S. The van der Waals surface area contributed by atoms with E-state index in [1.54, 1.807) is 25.6 Å². The van der Waals surface area contributed by atoms with E-state index >= 15 is 0 Å². The number of ether oxygens (including phenoxy) is 1. The molecule has 1 rings (SSSR count). The maximum Gasteiger partial charge on any atom is 0.322 e. The van der Waals surface area contributed by atoms with Gasteiger partial charge in [0.05, 0.1) is 18.9 Å². The molecule has 0 saturated carbocycles. The van der Waals surface area contributed by atoms with Gasteiger partial charge in [0.25, 0.3) is 0 Å². The summed E-state index contributed by atoms with van der Waals surface area (Å²) in [5.74, 6) is 2.43. The van der Waals surface area contributed by atoms with Crippen molar-refractivity contribution in [3.63, 3.8) is 0 Å². The molecule has 0 aliphatic carbocycles. The standard InChI is InChI=1S/C12H19NO3S/c1-4-15-12(14)9(2)13-7-10-5-6-11(16-10)8-17-3/h5-6,9,13H,4,7-8H2,1-3H3.